The summed E-state index contributed by atoms with van der Waals surface area (Å²) < 4.78 is 0. The Kier molecular flexibility index (Phi) is 3.80. The zero-order valence-electron chi connectivity index (χ0n) is 12.0. The van der Waals surface area contributed by atoms with Crippen molar-refractivity contribution in [2.75, 3.05) is 35.6 Å². The van der Waals surface area contributed by atoms with Crippen LogP contribution in [0.15, 0.2) is 6.07 Å². The van der Waals surface area contributed by atoms with Gasteiger partial charge in [0.2, 0.25) is 5.95 Å². The van der Waals surface area contributed by atoms with Gasteiger partial charge in [0.05, 0.1) is 0 Å². The van der Waals surface area contributed by atoms with E-state index in [2.05, 4.69) is 41.0 Å². The molecule has 2 heterocycles. The fourth-order valence-electron chi connectivity index (χ4n) is 1.97. The molecule has 0 saturated carbocycles. The van der Waals surface area contributed by atoms with Gasteiger partial charge in [-0.15, -0.1) is 0 Å². The van der Waals surface area contributed by atoms with Gasteiger partial charge in [0, 0.05) is 31.7 Å². The number of hydrogen-bond donors (Lipinski definition) is 3. The van der Waals surface area contributed by atoms with E-state index in [1.165, 1.54) is 0 Å². The third-order valence-corrected chi connectivity index (χ3v) is 3.14. The number of nitrogen functional groups attached to an aromatic ring is 1. The van der Waals surface area contributed by atoms with Crippen LogP contribution in [-0.4, -0.2) is 35.6 Å². The van der Waals surface area contributed by atoms with E-state index in [1.807, 2.05) is 6.07 Å². The molecule has 0 amide bonds. The first-order valence-electron chi connectivity index (χ1n) is 6.72. The van der Waals surface area contributed by atoms with E-state index in [-0.39, 0.29) is 6.04 Å². The normalized spacial score (nSPS) is 16.3. The summed E-state index contributed by atoms with van der Waals surface area (Å²) in [6.07, 6.45) is 1.07. The number of nitrogens with zero attached hydrogens (tertiary/aromatic N) is 3. The molecule has 1 aromatic rings. The van der Waals surface area contributed by atoms with Crippen molar-refractivity contribution in [1.29, 1.82) is 0 Å². The first-order valence-corrected chi connectivity index (χ1v) is 6.72. The zero-order chi connectivity index (χ0) is 14.0. The maximum atomic E-state index is 5.78. The van der Waals surface area contributed by atoms with Gasteiger partial charge < -0.3 is 21.7 Å². The maximum absolute atomic E-state index is 5.78. The second kappa shape index (κ2) is 5.21. The standard InChI is InChI=1S/C13H24N6/c1-13(2,3)4-5-16-10-6-11(18-12(15)17-10)19-7-9(14)8-19/h6,9H,4-5,7-8,14H2,1-3H3,(H3,15,16,17,18). The largest absolute Gasteiger partial charge is 0.370 e. The first-order chi connectivity index (χ1) is 8.83. The average Bonchev–Trinajstić information content (AvgIpc) is 2.22. The van der Waals surface area contributed by atoms with Gasteiger partial charge in [-0.1, -0.05) is 20.8 Å². The lowest BCUT2D eigenvalue weighted by atomic mass is 9.92. The molecule has 19 heavy (non-hydrogen) atoms. The highest BCUT2D eigenvalue weighted by Gasteiger charge is 2.24. The molecule has 5 N–H and O–H groups in total. The third kappa shape index (κ3) is 3.96. The topological polar surface area (TPSA) is 93.1 Å². The lowest BCUT2D eigenvalue weighted by Gasteiger charge is -2.37. The highest BCUT2D eigenvalue weighted by Crippen LogP contribution is 2.22. The molecule has 1 aliphatic rings. The van der Waals surface area contributed by atoms with E-state index < -0.39 is 0 Å². The summed E-state index contributed by atoms with van der Waals surface area (Å²) in [5.74, 6) is 1.94. The fraction of sp³-hybridized carbons (Fsp3) is 0.692. The van der Waals surface area contributed by atoms with Gasteiger partial charge in [0.1, 0.15) is 11.6 Å². The molecule has 106 valence electrons. The van der Waals surface area contributed by atoms with Crippen molar-refractivity contribution in [3.8, 4) is 0 Å². The van der Waals surface area contributed by atoms with Crippen LogP contribution in [0.4, 0.5) is 17.6 Å². The zero-order valence-corrected chi connectivity index (χ0v) is 12.0. The van der Waals surface area contributed by atoms with E-state index in [9.17, 15) is 0 Å². The third-order valence-electron chi connectivity index (χ3n) is 3.14. The van der Waals surface area contributed by atoms with E-state index in [0.717, 1.165) is 37.7 Å². The number of nitrogens with two attached hydrogens (primary N) is 2. The highest BCUT2D eigenvalue weighted by atomic mass is 15.3. The summed E-state index contributed by atoms with van der Waals surface area (Å²) in [5, 5.41) is 3.31. The second-order valence-electron chi connectivity index (χ2n) is 6.37. The maximum Gasteiger partial charge on any atom is 0.223 e. The molecule has 0 aliphatic carbocycles. The van der Waals surface area contributed by atoms with Crippen LogP contribution in [0, 0.1) is 5.41 Å². The average molecular weight is 264 g/mol. The van der Waals surface area contributed by atoms with E-state index in [4.69, 9.17) is 11.5 Å². The summed E-state index contributed by atoms with van der Waals surface area (Å²) in [5.41, 5.74) is 11.8. The molecule has 6 heteroatoms. The summed E-state index contributed by atoms with van der Waals surface area (Å²) in [4.78, 5) is 10.6. The number of rotatable bonds is 4. The van der Waals surface area contributed by atoms with Gasteiger partial charge in [-0.25, -0.2) is 0 Å². The lowest BCUT2D eigenvalue weighted by molar-refractivity contribution is 0.389. The smallest absolute Gasteiger partial charge is 0.223 e. The molecule has 0 aromatic carbocycles. The van der Waals surface area contributed by atoms with Crippen molar-refractivity contribution >= 4 is 17.6 Å². The van der Waals surface area contributed by atoms with Crippen LogP contribution in [0.2, 0.25) is 0 Å². The number of hydrogen-bond acceptors (Lipinski definition) is 6. The van der Waals surface area contributed by atoms with Gasteiger partial charge in [-0.2, -0.15) is 9.97 Å². The number of aromatic nitrogens is 2. The van der Waals surface area contributed by atoms with Crippen molar-refractivity contribution < 1.29 is 0 Å². The van der Waals surface area contributed by atoms with Crippen LogP contribution < -0.4 is 21.7 Å². The molecule has 1 fully saturated rings. The Morgan fingerprint density at radius 1 is 1.37 bits per heavy atom. The Bertz CT molecular complexity index is 433. The second-order valence-corrected chi connectivity index (χ2v) is 6.37. The predicted molar refractivity (Wildman–Crippen MR) is 79.2 cm³/mol. The molecule has 1 saturated heterocycles. The van der Waals surface area contributed by atoms with Gasteiger partial charge in [0.25, 0.3) is 0 Å². The molecule has 0 radical (unpaired) electrons. The minimum atomic E-state index is 0.244. The minimum absolute atomic E-state index is 0.244. The van der Waals surface area contributed by atoms with Crippen LogP contribution in [-0.2, 0) is 0 Å². The van der Waals surface area contributed by atoms with Crippen molar-refractivity contribution in [2.45, 2.75) is 33.2 Å². The number of nitrogens with one attached hydrogen (secondary N) is 1. The van der Waals surface area contributed by atoms with Crippen LogP contribution >= 0.6 is 0 Å². The van der Waals surface area contributed by atoms with Crippen LogP contribution in [0.3, 0.4) is 0 Å². The van der Waals surface area contributed by atoms with Crippen molar-refractivity contribution in [3.63, 3.8) is 0 Å². The van der Waals surface area contributed by atoms with Crippen LogP contribution in [0.1, 0.15) is 27.2 Å². The number of anilines is 3. The fourth-order valence-corrected chi connectivity index (χ4v) is 1.97. The van der Waals surface area contributed by atoms with Gasteiger partial charge in [-0.3, -0.25) is 0 Å². The molecule has 6 nitrogen and oxygen atoms in total. The van der Waals surface area contributed by atoms with Gasteiger partial charge in [-0.05, 0) is 11.8 Å². The summed E-state index contributed by atoms with van der Waals surface area (Å²) in [6.45, 7) is 9.19. The monoisotopic (exact) mass is 264 g/mol. The predicted octanol–water partition coefficient (Wildman–Crippen LogP) is 1.05. The van der Waals surface area contributed by atoms with Gasteiger partial charge in [0.15, 0.2) is 0 Å². The Morgan fingerprint density at radius 3 is 2.63 bits per heavy atom. The molecule has 0 atom stereocenters. The molecular weight excluding hydrogens is 240 g/mol. The summed E-state index contributed by atoms with van der Waals surface area (Å²) in [6, 6.07) is 2.18. The molecule has 1 aromatic heterocycles. The Labute approximate surface area is 114 Å². The molecule has 0 bridgehead atoms. The van der Waals surface area contributed by atoms with E-state index in [1.54, 1.807) is 0 Å². The molecule has 2 rings (SSSR count). The van der Waals surface area contributed by atoms with E-state index >= 15 is 0 Å². The first kappa shape index (κ1) is 13.9. The molecule has 0 unspecified atom stereocenters. The van der Waals surface area contributed by atoms with Crippen molar-refractivity contribution in [1.82, 2.24) is 9.97 Å². The van der Waals surface area contributed by atoms with E-state index in [0.29, 0.717) is 11.4 Å². The van der Waals surface area contributed by atoms with Crippen molar-refractivity contribution in [2.24, 2.45) is 11.1 Å². The Balaban J connectivity index is 1.97. The summed E-state index contributed by atoms with van der Waals surface area (Å²) in [7, 11) is 0. The molecule has 0 spiro atoms. The quantitative estimate of drug-likeness (QED) is 0.753. The van der Waals surface area contributed by atoms with Gasteiger partial charge >= 0.3 is 0 Å². The SMILES string of the molecule is CC(C)(C)CCNc1cc(N2CC(N)C2)nc(N)n1. The molecule has 1 aliphatic heterocycles. The minimum Gasteiger partial charge on any atom is -0.370 e. The van der Waals surface area contributed by atoms with Crippen molar-refractivity contribution in [3.05, 3.63) is 6.07 Å². The van der Waals surface area contributed by atoms with Crippen LogP contribution in [0.5, 0.6) is 0 Å². The lowest BCUT2D eigenvalue weighted by Crippen LogP contribution is -2.56. The highest BCUT2D eigenvalue weighted by molar-refractivity contribution is 5.54. The Hall–Kier alpha value is -1.56. The van der Waals surface area contributed by atoms with Crippen LogP contribution in [0.25, 0.3) is 0 Å². The summed E-state index contributed by atoms with van der Waals surface area (Å²) >= 11 is 0. The molecular formula is C13H24N6. The Morgan fingerprint density at radius 2 is 2.05 bits per heavy atom.